The van der Waals surface area contributed by atoms with Gasteiger partial charge in [0.05, 0.1) is 6.04 Å². The average molecular weight is 340 g/mol. The molecule has 1 aliphatic rings. The summed E-state index contributed by atoms with van der Waals surface area (Å²) in [6.45, 7) is 1.25. The zero-order valence-corrected chi connectivity index (χ0v) is 13.5. The highest BCUT2D eigenvalue weighted by atomic mass is 19.1. The first-order chi connectivity index (χ1) is 12.2. The van der Waals surface area contributed by atoms with E-state index in [1.807, 2.05) is 16.9 Å². The molecule has 0 saturated carbocycles. The van der Waals surface area contributed by atoms with Crippen LogP contribution in [0.2, 0.25) is 0 Å². The summed E-state index contributed by atoms with van der Waals surface area (Å²) in [5.74, 6) is -0.390. The van der Waals surface area contributed by atoms with Crippen molar-refractivity contribution in [1.29, 1.82) is 0 Å². The van der Waals surface area contributed by atoms with Gasteiger partial charge in [-0.1, -0.05) is 17.3 Å². The normalized spacial score (nSPS) is 17.6. The standard InChI is InChI=1S/C18H17FN4O2/c19-14-5-1-4-13(10-14)16-11-17(25-21-16)18(24)22-8-2-6-15(12-22)23-9-3-7-20-23/h1,3-5,7,9-11,15H,2,6,8,12H2. The molecule has 3 aromatic rings. The van der Waals surface area contributed by atoms with Gasteiger partial charge in [-0.3, -0.25) is 9.48 Å². The molecule has 1 fully saturated rings. The second-order valence-corrected chi connectivity index (χ2v) is 6.12. The predicted molar refractivity (Wildman–Crippen MR) is 88.3 cm³/mol. The van der Waals surface area contributed by atoms with Crippen LogP contribution in [0.3, 0.4) is 0 Å². The van der Waals surface area contributed by atoms with E-state index < -0.39 is 0 Å². The summed E-state index contributed by atoms with van der Waals surface area (Å²) in [6.07, 6.45) is 5.54. The summed E-state index contributed by atoms with van der Waals surface area (Å²) in [7, 11) is 0. The first-order valence-electron chi connectivity index (χ1n) is 8.22. The smallest absolute Gasteiger partial charge is 0.292 e. The zero-order valence-electron chi connectivity index (χ0n) is 13.5. The van der Waals surface area contributed by atoms with E-state index in [0.29, 0.717) is 24.3 Å². The van der Waals surface area contributed by atoms with Crippen LogP contribution >= 0.6 is 0 Å². The molecule has 0 bridgehead atoms. The number of hydrogen-bond acceptors (Lipinski definition) is 4. The molecule has 0 spiro atoms. The molecule has 1 aliphatic heterocycles. The summed E-state index contributed by atoms with van der Waals surface area (Å²) < 4.78 is 20.4. The number of rotatable bonds is 3. The van der Waals surface area contributed by atoms with Crippen LogP contribution in [0.15, 0.2) is 53.3 Å². The molecule has 25 heavy (non-hydrogen) atoms. The van der Waals surface area contributed by atoms with E-state index in [1.165, 1.54) is 12.1 Å². The maximum Gasteiger partial charge on any atom is 0.292 e. The molecule has 1 atom stereocenters. The van der Waals surface area contributed by atoms with Gasteiger partial charge in [-0.25, -0.2) is 4.39 Å². The molecule has 1 unspecified atom stereocenters. The number of aromatic nitrogens is 3. The number of likely N-dealkylation sites (tertiary alicyclic amines) is 1. The number of benzene rings is 1. The molecule has 6 nitrogen and oxygen atoms in total. The van der Waals surface area contributed by atoms with E-state index >= 15 is 0 Å². The van der Waals surface area contributed by atoms with E-state index in [9.17, 15) is 9.18 Å². The Balaban J connectivity index is 1.51. The van der Waals surface area contributed by atoms with Crippen LogP contribution in [0.4, 0.5) is 4.39 Å². The van der Waals surface area contributed by atoms with Crippen LogP contribution in [-0.2, 0) is 0 Å². The Hall–Kier alpha value is -2.96. The maximum atomic E-state index is 13.3. The Morgan fingerprint density at radius 2 is 2.20 bits per heavy atom. The number of carbonyl (C=O) groups excluding carboxylic acids is 1. The third kappa shape index (κ3) is 3.17. The topological polar surface area (TPSA) is 64.2 Å². The lowest BCUT2D eigenvalue weighted by atomic mass is 10.1. The van der Waals surface area contributed by atoms with Crippen molar-refractivity contribution in [3.8, 4) is 11.3 Å². The lowest BCUT2D eigenvalue weighted by Gasteiger charge is -2.32. The minimum absolute atomic E-state index is 0.165. The van der Waals surface area contributed by atoms with Crippen molar-refractivity contribution in [2.45, 2.75) is 18.9 Å². The minimum atomic E-state index is -0.355. The summed E-state index contributed by atoms with van der Waals surface area (Å²) in [4.78, 5) is 14.5. The highest BCUT2D eigenvalue weighted by Crippen LogP contribution is 2.24. The molecular weight excluding hydrogens is 323 g/mol. The quantitative estimate of drug-likeness (QED) is 0.735. The van der Waals surface area contributed by atoms with Crippen molar-refractivity contribution >= 4 is 5.91 Å². The summed E-state index contributed by atoms with van der Waals surface area (Å²) in [5, 5.41) is 8.17. The first-order valence-corrected chi connectivity index (χ1v) is 8.22. The fourth-order valence-corrected chi connectivity index (χ4v) is 3.17. The van der Waals surface area contributed by atoms with Gasteiger partial charge in [0.2, 0.25) is 5.76 Å². The minimum Gasteiger partial charge on any atom is -0.350 e. The van der Waals surface area contributed by atoms with E-state index in [-0.39, 0.29) is 23.5 Å². The highest BCUT2D eigenvalue weighted by Gasteiger charge is 2.28. The van der Waals surface area contributed by atoms with Crippen molar-refractivity contribution < 1.29 is 13.7 Å². The molecule has 7 heteroatoms. The van der Waals surface area contributed by atoms with E-state index in [1.54, 1.807) is 29.3 Å². The molecule has 0 aliphatic carbocycles. The third-order valence-electron chi connectivity index (χ3n) is 4.42. The van der Waals surface area contributed by atoms with E-state index in [0.717, 1.165) is 12.8 Å². The van der Waals surface area contributed by atoms with Crippen molar-refractivity contribution in [3.05, 3.63) is 60.4 Å². The second-order valence-electron chi connectivity index (χ2n) is 6.12. The van der Waals surface area contributed by atoms with Gasteiger partial charge in [-0.15, -0.1) is 0 Å². The van der Waals surface area contributed by atoms with Crippen LogP contribution < -0.4 is 0 Å². The van der Waals surface area contributed by atoms with Gasteiger partial charge in [0.15, 0.2) is 0 Å². The average Bonchev–Trinajstić information content (AvgIpc) is 3.33. The van der Waals surface area contributed by atoms with Crippen LogP contribution in [0.25, 0.3) is 11.3 Å². The molecule has 0 radical (unpaired) electrons. The monoisotopic (exact) mass is 340 g/mol. The second kappa shape index (κ2) is 6.51. The Kier molecular flexibility index (Phi) is 4.05. The molecule has 1 aromatic carbocycles. The van der Waals surface area contributed by atoms with Crippen LogP contribution in [0.5, 0.6) is 0 Å². The fraction of sp³-hybridized carbons (Fsp3) is 0.278. The summed E-state index contributed by atoms with van der Waals surface area (Å²) in [6, 6.07) is 9.65. The predicted octanol–water partition coefficient (Wildman–Crippen LogP) is 3.15. The van der Waals surface area contributed by atoms with Crippen molar-refractivity contribution in [2.75, 3.05) is 13.1 Å². The number of halogens is 1. The number of carbonyl (C=O) groups is 1. The van der Waals surface area contributed by atoms with E-state index in [4.69, 9.17) is 4.52 Å². The lowest BCUT2D eigenvalue weighted by molar-refractivity contribution is 0.0631. The Morgan fingerprint density at radius 1 is 1.28 bits per heavy atom. The van der Waals surface area contributed by atoms with Gasteiger partial charge in [0.1, 0.15) is 11.5 Å². The van der Waals surface area contributed by atoms with Gasteiger partial charge >= 0.3 is 0 Å². The Labute approximate surface area is 143 Å². The lowest BCUT2D eigenvalue weighted by Crippen LogP contribution is -2.40. The zero-order chi connectivity index (χ0) is 17.2. The fourth-order valence-electron chi connectivity index (χ4n) is 3.17. The molecule has 2 aromatic heterocycles. The van der Waals surface area contributed by atoms with Crippen molar-refractivity contribution in [3.63, 3.8) is 0 Å². The molecule has 4 rings (SSSR count). The molecule has 1 amide bonds. The molecule has 0 N–H and O–H groups in total. The molecule has 128 valence electrons. The van der Waals surface area contributed by atoms with Crippen molar-refractivity contribution in [2.24, 2.45) is 0 Å². The number of piperidine rings is 1. The van der Waals surface area contributed by atoms with Gasteiger partial charge in [0, 0.05) is 37.1 Å². The number of hydrogen-bond donors (Lipinski definition) is 0. The SMILES string of the molecule is O=C(c1cc(-c2cccc(F)c2)no1)N1CCCC(n2cccn2)C1. The first kappa shape index (κ1) is 15.6. The maximum absolute atomic E-state index is 13.3. The summed E-state index contributed by atoms with van der Waals surface area (Å²) in [5.41, 5.74) is 1.03. The van der Waals surface area contributed by atoms with Crippen LogP contribution in [0.1, 0.15) is 29.4 Å². The van der Waals surface area contributed by atoms with Crippen LogP contribution in [0, 0.1) is 5.82 Å². The Morgan fingerprint density at radius 3 is 3.00 bits per heavy atom. The highest BCUT2D eigenvalue weighted by molar-refractivity contribution is 5.92. The largest absolute Gasteiger partial charge is 0.350 e. The Bertz CT molecular complexity index is 875. The van der Waals surface area contributed by atoms with Gasteiger partial charge < -0.3 is 9.42 Å². The van der Waals surface area contributed by atoms with Gasteiger partial charge in [-0.05, 0) is 31.0 Å². The third-order valence-corrected chi connectivity index (χ3v) is 4.42. The number of nitrogens with zero attached hydrogens (tertiary/aromatic N) is 4. The van der Waals surface area contributed by atoms with Gasteiger partial charge in [-0.2, -0.15) is 5.10 Å². The van der Waals surface area contributed by atoms with E-state index in [2.05, 4.69) is 10.3 Å². The van der Waals surface area contributed by atoms with Crippen molar-refractivity contribution in [1.82, 2.24) is 19.8 Å². The molecule has 3 heterocycles. The van der Waals surface area contributed by atoms with Crippen LogP contribution in [-0.4, -0.2) is 38.8 Å². The molecule has 1 saturated heterocycles. The van der Waals surface area contributed by atoms with Gasteiger partial charge in [0.25, 0.3) is 5.91 Å². The number of amides is 1. The molecular formula is C18H17FN4O2. The summed E-state index contributed by atoms with van der Waals surface area (Å²) >= 11 is 0.